The molecule has 0 unspecified atom stereocenters. The van der Waals surface area contributed by atoms with Gasteiger partial charge in [-0.25, -0.2) is 8.78 Å². The minimum absolute atomic E-state index is 0.184. The Hall–Kier alpha value is -3.89. The standard InChI is InChI=1S/C32H32F2N4O3S/c33-27-8-4-23(5-9-27)32(24-6-10-28(34)11-7-24)25-14-18-37(19-15-25)17-2-1-3-29-22-38(36-35-29)42(39,40)30-12-13-31-26(21-30)16-20-41-31/h4-13,21-22H,1-3,14-20H2. The number of ether oxygens (including phenoxy) is 1. The first kappa shape index (κ1) is 28.2. The molecule has 1 saturated heterocycles. The molecule has 1 aromatic heterocycles. The van der Waals surface area contributed by atoms with Crippen LogP contribution in [0.25, 0.3) is 5.57 Å². The number of aryl methyl sites for hydroxylation is 1. The predicted octanol–water partition coefficient (Wildman–Crippen LogP) is 5.65. The molecule has 3 aromatic carbocycles. The molecule has 10 heteroatoms. The number of benzene rings is 3. The van der Waals surface area contributed by atoms with Crippen molar-refractivity contribution in [1.29, 1.82) is 0 Å². The van der Waals surface area contributed by atoms with Crippen molar-refractivity contribution < 1.29 is 21.9 Å². The highest BCUT2D eigenvalue weighted by Gasteiger charge is 2.23. The van der Waals surface area contributed by atoms with Crippen molar-refractivity contribution in [3.8, 4) is 5.75 Å². The molecule has 0 aliphatic carbocycles. The van der Waals surface area contributed by atoms with Crippen LogP contribution < -0.4 is 4.74 Å². The van der Waals surface area contributed by atoms with Gasteiger partial charge in [0.2, 0.25) is 0 Å². The molecule has 0 N–H and O–H groups in total. The van der Waals surface area contributed by atoms with E-state index in [9.17, 15) is 17.2 Å². The first-order valence-corrected chi connectivity index (χ1v) is 15.7. The maximum Gasteiger partial charge on any atom is 0.284 e. The van der Waals surface area contributed by atoms with Crippen LogP contribution in [0.2, 0.25) is 0 Å². The van der Waals surface area contributed by atoms with E-state index in [1.807, 2.05) is 0 Å². The quantitative estimate of drug-likeness (QED) is 0.235. The minimum atomic E-state index is -3.81. The average molecular weight is 591 g/mol. The molecule has 0 atom stereocenters. The maximum atomic E-state index is 13.6. The smallest absolute Gasteiger partial charge is 0.284 e. The van der Waals surface area contributed by atoms with Gasteiger partial charge in [-0.3, -0.25) is 0 Å². The number of fused-ring (bicyclic) bond motifs is 1. The third-order valence-corrected chi connectivity index (χ3v) is 9.48. The third kappa shape index (κ3) is 6.15. The van der Waals surface area contributed by atoms with Crippen LogP contribution in [0.15, 0.2) is 83.4 Å². The van der Waals surface area contributed by atoms with Crippen LogP contribution in [0.1, 0.15) is 48.1 Å². The molecule has 4 aromatic rings. The second kappa shape index (κ2) is 12.1. The monoisotopic (exact) mass is 590 g/mol. The fraction of sp³-hybridized carbons (Fsp3) is 0.312. The van der Waals surface area contributed by atoms with Gasteiger partial charge < -0.3 is 9.64 Å². The summed E-state index contributed by atoms with van der Waals surface area (Å²) in [7, 11) is -3.81. The zero-order valence-corrected chi connectivity index (χ0v) is 24.0. The summed E-state index contributed by atoms with van der Waals surface area (Å²) >= 11 is 0. The number of hydrogen-bond acceptors (Lipinski definition) is 6. The Bertz CT molecular complexity index is 1640. The lowest BCUT2D eigenvalue weighted by molar-refractivity contribution is 0.252. The van der Waals surface area contributed by atoms with Gasteiger partial charge in [0.15, 0.2) is 0 Å². The van der Waals surface area contributed by atoms with Gasteiger partial charge in [-0.15, -0.1) is 9.19 Å². The zero-order valence-electron chi connectivity index (χ0n) is 23.2. The van der Waals surface area contributed by atoms with E-state index >= 15 is 0 Å². The highest BCUT2D eigenvalue weighted by molar-refractivity contribution is 7.89. The number of likely N-dealkylation sites (tertiary alicyclic amines) is 1. The van der Waals surface area contributed by atoms with Crippen LogP contribution in [0.4, 0.5) is 8.78 Å². The first-order valence-electron chi connectivity index (χ1n) is 14.3. The van der Waals surface area contributed by atoms with Crippen molar-refractivity contribution in [1.82, 2.24) is 19.3 Å². The van der Waals surface area contributed by atoms with Crippen molar-refractivity contribution >= 4 is 15.6 Å². The Balaban J connectivity index is 1.03. The first-order chi connectivity index (χ1) is 20.4. The molecule has 6 rings (SSSR count). The lowest BCUT2D eigenvalue weighted by atomic mass is 9.88. The summed E-state index contributed by atoms with van der Waals surface area (Å²) in [5, 5.41) is 8.01. The molecule has 7 nitrogen and oxygen atoms in total. The normalized spacial score (nSPS) is 15.4. The molecule has 218 valence electrons. The van der Waals surface area contributed by atoms with E-state index in [1.54, 1.807) is 42.5 Å². The Morgan fingerprint density at radius 2 is 1.52 bits per heavy atom. The molecule has 0 bridgehead atoms. The number of aromatic nitrogens is 3. The SMILES string of the molecule is O=S(=O)(c1ccc2c(c1)CCO2)n1cc(CCCCN2CCC(=C(c3ccc(F)cc3)c3ccc(F)cc3)CC2)nn1. The number of rotatable bonds is 9. The van der Waals surface area contributed by atoms with Crippen LogP contribution in [0.3, 0.4) is 0 Å². The molecular weight excluding hydrogens is 558 g/mol. The van der Waals surface area contributed by atoms with Crippen LogP contribution >= 0.6 is 0 Å². The summed E-state index contributed by atoms with van der Waals surface area (Å²) < 4.78 is 59.7. The van der Waals surface area contributed by atoms with Crippen molar-refractivity contribution in [2.45, 2.75) is 43.4 Å². The molecule has 0 saturated carbocycles. The Morgan fingerprint density at radius 1 is 0.857 bits per heavy atom. The van der Waals surface area contributed by atoms with Gasteiger partial charge in [0.05, 0.1) is 23.4 Å². The molecule has 2 aliphatic rings. The molecule has 1 fully saturated rings. The van der Waals surface area contributed by atoms with Crippen molar-refractivity contribution in [2.24, 2.45) is 0 Å². The summed E-state index contributed by atoms with van der Waals surface area (Å²) in [6.45, 7) is 3.30. The summed E-state index contributed by atoms with van der Waals surface area (Å²) in [5.41, 5.74) is 5.76. The molecule has 3 heterocycles. The van der Waals surface area contributed by atoms with Gasteiger partial charge >= 0.3 is 0 Å². The second-order valence-electron chi connectivity index (χ2n) is 10.7. The lowest BCUT2D eigenvalue weighted by Gasteiger charge is -2.30. The van der Waals surface area contributed by atoms with Crippen molar-refractivity contribution in [2.75, 3.05) is 26.2 Å². The van der Waals surface area contributed by atoms with Crippen LogP contribution in [0, 0.1) is 11.6 Å². The Kier molecular flexibility index (Phi) is 8.17. The van der Waals surface area contributed by atoms with Gasteiger partial charge in [-0.1, -0.05) is 35.1 Å². The predicted molar refractivity (Wildman–Crippen MR) is 156 cm³/mol. The number of hydrogen-bond donors (Lipinski definition) is 0. The van der Waals surface area contributed by atoms with Gasteiger partial charge in [-0.2, -0.15) is 8.42 Å². The summed E-state index contributed by atoms with van der Waals surface area (Å²) in [6, 6.07) is 17.9. The Morgan fingerprint density at radius 3 is 2.19 bits per heavy atom. The fourth-order valence-electron chi connectivity index (χ4n) is 5.69. The van der Waals surface area contributed by atoms with E-state index in [0.29, 0.717) is 25.1 Å². The van der Waals surface area contributed by atoms with E-state index in [2.05, 4.69) is 15.2 Å². The van der Waals surface area contributed by atoms with E-state index < -0.39 is 10.0 Å². The maximum absolute atomic E-state index is 13.6. The zero-order chi connectivity index (χ0) is 29.1. The van der Waals surface area contributed by atoms with Crippen molar-refractivity contribution in [3.05, 3.63) is 113 Å². The summed E-state index contributed by atoms with van der Waals surface area (Å²) in [6.07, 6.45) is 6.42. The molecular formula is C32H32F2N4O3S. The second-order valence-corrected chi connectivity index (χ2v) is 12.5. The van der Waals surface area contributed by atoms with Crippen LogP contribution in [-0.4, -0.2) is 54.0 Å². The van der Waals surface area contributed by atoms with Crippen LogP contribution in [0.5, 0.6) is 5.75 Å². The van der Waals surface area contributed by atoms with E-state index in [4.69, 9.17) is 4.74 Å². The van der Waals surface area contributed by atoms with E-state index in [-0.39, 0.29) is 16.5 Å². The highest BCUT2D eigenvalue weighted by atomic mass is 32.2. The highest BCUT2D eigenvalue weighted by Crippen LogP contribution is 2.33. The fourth-order valence-corrected chi connectivity index (χ4v) is 6.83. The van der Waals surface area contributed by atoms with E-state index in [0.717, 1.165) is 77.4 Å². The third-order valence-electron chi connectivity index (χ3n) is 7.96. The topological polar surface area (TPSA) is 77.3 Å². The molecule has 0 amide bonds. The van der Waals surface area contributed by atoms with Gasteiger partial charge in [0, 0.05) is 19.5 Å². The van der Waals surface area contributed by atoms with Crippen LogP contribution in [-0.2, 0) is 22.9 Å². The molecule has 2 aliphatic heterocycles. The van der Waals surface area contributed by atoms with Crippen molar-refractivity contribution in [3.63, 3.8) is 0 Å². The van der Waals surface area contributed by atoms with Gasteiger partial charge in [0.1, 0.15) is 17.4 Å². The summed E-state index contributed by atoms with van der Waals surface area (Å²) in [5.74, 6) is 0.168. The number of halogens is 2. The molecule has 42 heavy (non-hydrogen) atoms. The van der Waals surface area contributed by atoms with Gasteiger partial charge in [-0.05, 0) is 103 Å². The largest absolute Gasteiger partial charge is 0.493 e. The lowest BCUT2D eigenvalue weighted by Crippen LogP contribution is -2.32. The number of unbranched alkanes of at least 4 members (excludes halogenated alkanes) is 1. The van der Waals surface area contributed by atoms with E-state index in [1.165, 1.54) is 36.0 Å². The Labute approximate surface area is 244 Å². The average Bonchev–Trinajstić information content (AvgIpc) is 3.68. The van der Waals surface area contributed by atoms with Gasteiger partial charge in [0.25, 0.3) is 10.0 Å². The molecule has 0 spiro atoms. The number of piperidine rings is 1. The number of nitrogens with zero attached hydrogens (tertiary/aromatic N) is 4. The minimum Gasteiger partial charge on any atom is -0.493 e. The summed E-state index contributed by atoms with van der Waals surface area (Å²) in [4.78, 5) is 2.61. The molecule has 0 radical (unpaired) electrons.